The first-order valence-electron chi connectivity index (χ1n) is 8.57. The Hall–Kier alpha value is -2.84. The maximum absolute atomic E-state index is 13.8. The van der Waals surface area contributed by atoms with Crippen molar-refractivity contribution < 1.29 is 35.8 Å². The number of carbonyl (C=O) groups excluding carboxylic acids is 1. The summed E-state index contributed by atoms with van der Waals surface area (Å²) in [6.07, 6.45) is 0.541. The lowest BCUT2D eigenvalue weighted by molar-refractivity contribution is -0.689. The van der Waals surface area contributed by atoms with Crippen molar-refractivity contribution in [3.8, 4) is 0 Å². The molecule has 152 valence electrons. The van der Waals surface area contributed by atoms with Crippen LogP contribution in [0, 0.1) is 22.9 Å². The van der Waals surface area contributed by atoms with Gasteiger partial charge in [-0.05, 0) is 24.3 Å². The number of ether oxygens (including phenoxy) is 1. The molecule has 2 aromatic carbocycles. The van der Waals surface area contributed by atoms with Gasteiger partial charge in [0.05, 0.1) is 27.5 Å². The molecule has 1 aromatic heterocycles. The molecule has 1 heterocycles. The number of nitro groups is 1. The van der Waals surface area contributed by atoms with Gasteiger partial charge >= 0.3 is 5.97 Å². The summed E-state index contributed by atoms with van der Waals surface area (Å²) in [7, 11) is 0. The second kappa shape index (κ2) is 10.1. The quantitative estimate of drug-likeness (QED) is 0.238. The van der Waals surface area contributed by atoms with Crippen molar-refractivity contribution in [1.29, 1.82) is 0 Å². The molecule has 0 fully saturated rings. The van der Waals surface area contributed by atoms with Crippen molar-refractivity contribution >= 4 is 23.0 Å². The predicted octanol–water partition coefficient (Wildman–Crippen LogP) is 0.843. The number of non-ortho nitro benzene ring substituents is 1. The van der Waals surface area contributed by atoms with Gasteiger partial charge in [-0.25, -0.2) is 9.18 Å². The Morgan fingerprint density at radius 1 is 1.21 bits per heavy atom. The molecule has 0 saturated carbocycles. The standard InChI is InChI=1S/C20H18FN2O4S.ClH/c1-14-19(28-13-22(14)12-16-4-2-3-5-18(16)21)10-11-27-20(24)15-6-8-17(9-7-15)23(25)26;/h2-9,13H,10-12H2,1H3;1H/q+1;/p-1. The van der Waals surface area contributed by atoms with Gasteiger partial charge in [0, 0.05) is 25.5 Å². The molecule has 3 aromatic rings. The van der Waals surface area contributed by atoms with Crippen molar-refractivity contribution in [3.05, 3.63) is 91.7 Å². The number of thiazole rings is 1. The smallest absolute Gasteiger partial charge is 0.338 e. The minimum atomic E-state index is -0.525. The first-order chi connectivity index (χ1) is 13.5. The fraction of sp³-hybridized carbons (Fsp3) is 0.200. The van der Waals surface area contributed by atoms with Crippen LogP contribution >= 0.6 is 11.3 Å². The third-order valence-corrected chi connectivity index (χ3v) is 5.48. The van der Waals surface area contributed by atoms with Gasteiger partial charge in [-0.1, -0.05) is 23.5 Å². The van der Waals surface area contributed by atoms with Crippen LogP contribution in [-0.2, 0) is 17.7 Å². The van der Waals surface area contributed by atoms with Gasteiger partial charge in [-0.15, -0.1) is 0 Å². The van der Waals surface area contributed by atoms with Crippen molar-refractivity contribution in [2.24, 2.45) is 0 Å². The highest BCUT2D eigenvalue weighted by molar-refractivity contribution is 7.09. The number of hydrogen-bond donors (Lipinski definition) is 0. The molecule has 0 saturated heterocycles. The monoisotopic (exact) mass is 436 g/mol. The molecular weight excluding hydrogens is 419 g/mol. The van der Waals surface area contributed by atoms with Gasteiger partial charge in [0.25, 0.3) is 5.69 Å². The lowest BCUT2D eigenvalue weighted by Gasteiger charge is -2.04. The SMILES string of the molecule is Cc1c(CCOC(=O)c2ccc([N+](=O)[O-])cc2)sc[n+]1Cc1ccccc1F.[Cl-]. The second-order valence-electron chi connectivity index (χ2n) is 6.14. The number of nitro benzene ring substituents is 1. The molecule has 0 atom stereocenters. The highest BCUT2D eigenvalue weighted by Gasteiger charge is 2.18. The number of hydrogen-bond acceptors (Lipinski definition) is 5. The number of aromatic nitrogens is 1. The van der Waals surface area contributed by atoms with Crippen molar-refractivity contribution in [2.45, 2.75) is 19.9 Å². The van der Waals surface area contributed by atoms with E-state index in [2.05, 4.69) is 0 Å². The molecule has 0 N–H and O–H groups in total. The number of benzene rings is 2. The number of rotatable bonds is 7. The van der Waals surface area contributed by atoms with Crippen LogP contribution < -0.4 is 17.0 Å². The number of halogens is 2. The minimum absolute atomic E-state index is 0. The van der Waals surface area contributed by atoms with E-state index in [1.807, 2.05) is 17.0 Å². The topological polar surface area (TPSA) is 73.3 Å². The van der Waals surface area contributed by atoms with Crippen LogP contribution in [0.15, 0.2) is 54.0 Å². The molecule has 0 aliphatic carbocycles. The van der Waals surface area contributed by atoms with Crippen LogP contribution in [-0.4, -0.2) is 17.5 Å². The predicted molar refractivity (Wildman–Crippen MR) is 102 cm³/mol. The first kappa shape index (κ1) is 22.4. The number of esters is 1. The third kappa shape index (κ3) is 5.58. The Balaban J connectivity index is 0.00000300. The van der Waals surface area contributed by atoms with Crippen LogP contribution in [0.25, 0.3) is 0 Å². The molecule has 0 bridgehead atoms. The van der Waals surface area contributed by atoms with E-state index in [0.29, 0.717) is 18.5 Å². The van der Waals surface area contributed by atoms with Crippen LogP contribution in [0.2, 0.25) is 0 Å². The van der Waals surface area contributed by atoms with E-state index in [9.17, 15) is 19.3 Å². The Labute approximate surface area is 177 Å². The highest BCUT2D eigenvalue weighted by Crippen LogP contribution is 2.15. The summed E-state index contributed by atoms with van der Waals surface area (Å²) in [5.74, 6) is -0.762. The molecule has 3 rings (SSSR count). The summed E-state index contributed by atoms with van der Waals surface area (Å²) in [5.41, 5.74) is 3.73. The van der Waals surface area contributed by atoms with Crippen LogP contribution in [0.3, 0.4) is 0 Å². The maximum Gasteiger partial charge on any atom is 0.338 e. The molecular formula is C20H18ClFN2O4S. The molecule has 29 heavy (non-hydrogen) atoms. The van der Waals surface area contributed by atoms with E-state index in [0.717, 1.165) is 10.6 Å². The molecule has 6 nitrogen and oxygen atoms in total. The van der Waals surface area contributed by atoms with E-state index in [-0.39, 0.29) is 36.1 Å². The van der Waals surface area contributed by atoms with Gasteiger partial charge in [0.1, 0.15) is 5.82 Å². The minimum Gasteiger partial charge on any atom is -1.00 e. The van der Waals surface area contributed by atoms with E-state index in [4.69, 9.17) is 4.74 Å². The summed E-state index contributed by atoms with van der Waals surface area (Å²) in [4.78, 5) is 23.2. The van der Waals surface area contributed by atoms with Crippen LogP contribution in [0.1, 0.15) is 26.5 Å². The number of carbonyl (C=O) groups is 1. The second-order valence-corrected chi connectivity index (χ2v) is 7.08. The van der Waals surface area contributed by atoms with E-state index in [1.54, 1.807) is 18.2 Å². The zero-order valence-corrected chi connectivity index (χ0v) is 17.1. The van der Waals surface area contributed by atoms with E-state index >= 15 is 0 Å². The Kier molecular flexibility index (Phi) is 7.81. The van der Waals surface area contributed by atoms with E-state index < -0.39 is 10.9 Å². The fourth-order valence-corrected chi connectivity index (χ4v) is 3.67. The lowest BCUT2D eigenvalue weighted by Crippen LogP contribution is -3.00. The molecule has 0 amide bonds. The Bertz CT molecular complexity index is 1010. The highest BCUT2D eigenvalue weighted by atomic mass is 35.5. The summed E-state index contributed by atoms with van der Waals surface area (Å²) < 4.78 is 21.1. The normalized spacial score (nSPS) is 10.3. The number of nitrogens with zero attached hydrogens (tertiary/aromatic N) is 2. The molecule has 0 spiro atoms. The molecule has 0 aliphatic rings. The zero-order valence-electron chi connectivity index (χ0n) is 15.5. The summed E-state index contributed by atoms with van der Waals surface area (Å²) in [6.45, 7) is 2.58. The lowest BCUT2D eigenvalue weighted by atomic mass is 10.2. The van der Waals surface area contributed by atoms with Gasteiger partial charge in [0.15, 0.2) is 12.2 Å². The molecule has 0 aliphatic heterocycles. The average molecular weight is 437 g/mol. The van der Waals surface area contributed by atoms with E-state index in [1.165, 1.54) is 41.7 Å². The van der Waals surface area contributed by atoms with Crippen molar-refractivity contribution in [1.82, 2.24) is 0 Å². The van der Waals surface area contributed by atoms with Crippen LogP contribution in [0.5, 0.6) is 0 Å². The fourth-order valence-electron chi connectivity index (χ4n) is 2.70. The molecule has 9 heteroatoms. The van der Waals surface area contributed by atoms with Crippen LogP contribution in [0.4, 0.5) is 10.1 Å². The first-order valence-corrected chi connectivity index (χ1v) is 9.45. The zero-order chi connectivity index (χ0) is 20.1. The Morgan fingerprint density at radius 3 is 2.55 bits per heavy atom. The van der Waals surface area contributed by atoms with Gasteiger partial charge < -0.3 is 17.1 Å². The van der Waals surface area contributed by atoms with Gasteiger partial charge in [-0.2, -0.15) is 4.57 Å². The third-order valence-electron chi connectivity index (χ3n) is 4.33. The van der Waals surface area contributed by atoms with Gasteiger partial charge in [-0.3, -0.25) is 10.1 Å². The maximum atomic E-state index is 13.8. The summed E-state index contributed by atoms with van der Waals surface area (Å²) in [5, 5.41) is 10.6. The average Bonchev–Trinajstić information content (AvgIpc) is 3.03. The summed E-state index contributed by atoms with van der Waals surface area (Å²) in [6, 6.07) is 11.9. The van der Waals surface area contributed by atoms with Gasteiger partial charge in [0.2, 0.25) is 5.51 Å². The van der Waals surface area contributed by atoms with Crippen molar-refractivity contribution in [2.75, 3.05) is 6.61 Å². The van der Waals surface area contributed by atoms with Crippen molar-refractivity contribution in [3.63, 3.8) is 0 Å². The molecule has 0 unspecified atom stereocenters. The summed E-state index contributed by atoms with van der Waals surface area (Å²) >= 11 is 1.53. The largest absolute Gasteiger partial charge is 1.00 e. The molecule has 0 radical (unpaired) electrons. The Morgan fingerprint density at radius 2 is 1.90 bits per heavy atom.